The average Bonchev–Trinajstić information content (AvgIpc) is 3.00. The van der Waals surface area contributed by atoms with Gasteiger partial charge in [-0.05, 0) is 40.1 Å². The number of nitro groups is 1. The molecule has 6 nitrogen and oxygen atoms in total. The van der Waals surface area contributed by atoms with E-state index in [1.54, 1.807) is 18.2 Å². The van der Waals surface area contributed by atoms with Crippen LogP contribution in [0.3, 0.4) is 0 Å². The highest BCUT2D eigenvalue weighted by atomic mass is 16.6. The molecule has 26 heavy (non-hydrogen) atoms. The Kier molecular flexibility index (Phi) is 3.65. The minimum absolute atomic E-state index is 0.161. The van der Waals surface area contributed by atoms with Crippen LogP contribution < -0.4 is 0 Å². The molecule has 0 saturated heterocycles. The second kappa shape index (κ2) is 6.00. The molecule has 6 heteroatoms. The van der Waals surface area contributed by atoms with Gasteiger partial charge in [-0.25, -0.2) is 0 Å². The van der Waals surface area contributed by atoms with Gasteiger partial charge < -0.3 is 9.52 Å². The molecule has 3 aromatic carbocycles. The molecule has 0 radical (unpaired) electrons. The quantitative estimate of drug-likeness (QED) is 0.423. The average molecular weight is 347 g/mol. The van der Waals surface area contributed by atoms with E-state index in [1.165, 1.54) is 0 Å². The van der Waals surface area contributed by atoms with Crippen LogP contribution in [0.1, 0.15) is 5.56 Å². The van der Waals surface area contributed by atoms with E-state index in [0.29, 0.717) is 27.7 Å². The highest BCUT2D eigenvalue weighted by Gasteiger charge is 2.25. The number of carbonyl (C=O) groups is 1. The zero-order valence-corrected chi connectivity index (χ0v) is 13.5. The monoisotopic (exact) mass is 347 g/mol. The minimum atomic E-state index is -0.963. The maximum atomic E-state index is 11.5. The zero-order valence-electron chi connectivity index (χ0n) is 13.5. The van der Waals surface area contributed by atoms with Gasteiger partial charge in [-0.1, -0.05) is 42.5 Å². The number of nitrogens with zero attached hydrogens (tertiary/aromatic N) is 1. The third-order valence-corrected chi connectivity index (χ3v) is 4.29. The predicted molar refractivity (Wildman–Crippen MR) is 97.2 cm³/mol. The molecule has 0 saturated carbocycles. The Morgan fingerprint density at radius 1 is 1.04 bits per heavy atom. The maximum Gasteiger partial charge on any atom is 0.442 e. The Hall–Kier alpha value is -3.67. The number of furan rings is 1. The summed E-state index contributed by atoms with van der Waals surface area (Å²) in [4.78, 5) is 21.9. The molecule has 0 unspecified atom stereocenters. The maximum absolute atomic E-state index is 11.5. The SMILES string of the molecule is O=C(O)Cc1ccc2oc([N+](=O)[O-])c(-c3ccc4ccccc4c3)c2c1. The normalized spacial score (nSPS) is 11.1. The predicted octanol–water partition coefficient (Wildman–Crippen LogP) is 4.79. The van der Waals surface area contributed by atoms with E-state index in [9.17, 15) is 14.9 Å². The van der Waals surface area contributed by atoms with Crippen molar-refractivity contribution in [1.82, 2.24) is 0 Å². The van der Waals surface area contributed by atoms with Crippen molar-refractivity contribution >= 4 is 33.6 Å². The number of hydrogen-bond acceptors (Lipinski definition) is 4. The van der Waals surface area contributed by atoms with Gasteiger partial charge in [0.15, 0.2) is 0 Å². The van der Waals surface area contributed by atoms with E-state index in [0.717, 1.165) is 10.8 Å². The van der Waals surface area contributed by atoms with Gasteiger partial charge in [0.25, 0.3) is 0 Å². The molecule has 4 aromatic rings. The Morgan fingerprint density at radius 2 is 1.81 bits per heavy atom. The third kappa shape index (κ3) is 2.67. The van der Waals surface area contributed by atoms with E-state index in [-0.39, 0.29) is 12.3 Å². The smallest absolute Gasteiger partial charge is 0.442 e. The van der Waals surface area contributed by atoms with E-state index in [4.69, 9.17) is 9.52 Å². The van der Waals surface area contributed by atoms with Gasteiger partial charge in [0.2, 0.25) is 0 Å². The summed E-state index contributed by atoms with van der Waals surface area (Å²) in [5, 5.41) is 23.0. The van der Waals surface area contributed by atoms with Crippen molar-refractivity contribution in [2.75, 3.05) is 0 Å². The second-order valence-electron chi connectivity index (χ2n) is 6.00. The summed E-state index contributed by atoms with van der Waals surface area (Å²) in [5.41, 5.74) is 1.93. The van der Waals surface area contributed by atoms with Gasteiger partial charge in [0.1, 0.15) is 16.1 Å². The Bertz CT molecular complexity index is 1180. The number of fused-ring (bicyclic) bond motifs is 2. The highest BCUT2D eigenvalue weighted by Crippen LogP contribution is 2.41. The number of benzene rings is 3. The third-order valence-electron chi connectivity index (χ3n) is 4.29. The Balaban J connectivity index is 1.99. The first kappa shape index (κ1) is 15.8. The number of hydrogen-bond donors (Lipinski definition) is 1. The molecule has 4 rings (SSSR count). The molecule has 1 heterocycles. The van der Waals surface area contributed by atoms with Crippen LogP contribution in [0.15, 0.2) is 65.1 Å². The van der Waals surface area contributed by atoms with Crippen molar-refractivity contribution in [1.29, 1.82) is 0 Å². The van der Waals surface area contributed by atoms with Gasteiger partial charge in [0.05, 0.1) is 6.42 Å². The van der Waals surface area contributed by atoms with Crippen LogP contribution in [-0.4, -0.2) is 16.0 Å². The van der Waals surface area contributed by atoms with Crippen LogP contribution in [-0.2, 0) is 11.2 Å². The molecular weight excluding hydrogens is 334 g/mol. The van der Waals surface area contributed by atoms with Gasteiger partial charge in [-0.15, -0.1) is 0 Å². The van der Waals surface area contributed by atoms with Gasteiger partial charge in [-0.2, -0.15) is 0 Å². The lowest BCUT2D eigenvalue weighted by atomic mass is 9.98. The van der Waals surface area contributed by atoms with Crippen LogP contribution in [0.2, 0.25) is 0 Å². The first-order valence-corrected chi connectivity index (χ1v) is 7.94. The molecule has 1 aromatic heterocycles. The molecule has 0 aliphatic rings. The van der Waals surface area contributed by atoms with Crippen LogP contribution in [0.25, 0.3) is 32.9 Å². The van der Waals surface area contributed by atoms with E-state index in [2.05, 4.69) is 0 Å². The molecule has 0 spiro atoms. The lowest BCUT2D eigenvalue weighted by Gasteiger charge is -2.03. The van der Waals surface area contributed by atoms with Crippen LogP contribution in [0, 0.1) is 10.1 Å². The van der Waals surface area contributed by atoms with Gasteiger partial charge >= 0.3 is 11.9 Å². The lowest BCUT2D eigenvalue weighted by molar-refractivity contribution is -0.400. The van der Waals surface area contributed by atoms with Crippen LogP contribution in [0.4, 0.5) is 5.88 Å². The molecule has 0 atom stereocenters. The summed E-state index contributed by atoms with van der Waals surface area (Å²) < 4.78 is 5.44. The largest absolute Gasteiger partial charge is 0.481 e. The summed E-state index contributed by atoms with van der Waals surface area (Å²) in [6.45, 7) is 0. The fraction of sp³-hybridized carbons (Fsp3) is 0.0500. The number of carboxylic acid groups (broad SMARTS) is 1. The number of aliphatic carboxylic acids is 1. The molecule has 0 fully saturated rings. The second-order valence-corrected chi connectivity index (χ2v) is 6.00. The highest BCUT2D eigenvalue weighted by molar-refractivity contribution is 6.01. The summed E-state index contributed by atoms with van der Waals surface area (Å²) in [5.74, 6) is -1.31. The number of rotatable bonds is 4. The molecule has 1 N–H and O–H groups in total. The summed E-state index contributed by atoms with van der Waals surface area (Å²) in [7, 11) is 0. The summed E-state index contributed by atoms with van der Waals surface area (Å²) in [6, 6.07) is 18.1. The van der Waals surface area contributed by atoms with Crippen molar-refractivity contribution in [2.45, 2.75) is 6.42 Å². The number of carboxylic acids is 1. The van der Waals surface area contributed by atoms with Crippen molar-refractivity contribution in [3.05, 3.63) is 76.3 Å². The van der Waals surface area contributed by atoms with E-state index < -0.39 is 10.9 Å². The van der Waals surface area contributed by atoms with Crippen LogP contribution in [0.5, 0.6) is 0 Å². The van der Waals surface area contributed by atoms with Crippen molar-refractivity contribution in [3.8, 4) is 11.1 Å². The molecular formula is C20H13NO5. The molecule has 0 bridgehead atoms. The van der Waals surface area contributed by atoms with E-state index >= 15 is 0 Å². The zero-order chi connectivity index (χ0) is 18.3. The Labute approximate surface area is 147 Å². The van der Waals surface area contributed by atoms with Crippen molar-refractivity contribution < 1.29 is 19.2 Å². The molecule has 0 aliphatic carbocycles. The topological polar surface area (TPSA) is 93.6 Å². The fourth-order valence-corrected chi connectivity index (χ4v) is 3.17. The molecule has 0 amide bonds. The van der Waals surface area contributed by atoms with Crippen LogP contribution >= 0.6 is 0 Å². The van der Waals surface area contributed by atoms with E-state index in [1.807, 2.05) is 42.5 Å². The first-order valence-electron chi connectivity index (χ1n) is 7.94. The van der Waals surface area contributed by atoms with Crippen molar-refractivity contribution in [2.24, 2.45) is 0 Å². The fourth-order valence-electron chi connectivity index (χ4n) is 3.17. The molecule has 128 valence electrons. The lowest BCUT2D eigenvalue weighted by Crippen LogP contribution is -1.99. The Morgan fingerprint density at radius 3 is 2.54 bits per heavy atom. The van der Waals surface area contributed by atoms with Gasteiger partial charge in [-0.3, -0.25) is 14.9 Å². The molecule has 0 aliphatic heterocycles. The first-order chi connectivity index (χ1) is 12.5. The van der Waals surface area contributed by atoms with Gasteiger partial charge in [0, 0.05) is 5.39 Å². The minimum Gasteiger partial charge on any atom is -0.481 e. The van der Waals surface area contributed by atoms with Crippen molar-refractivity contribution in [3.63, 3.8) is 0 Å². The standard InChI is InChI=1S/C20H13NO5/c22-18(23)10-12-5-8-17-16(9-12)19(20(26-17)21(24)25)15-7-6-13-3-1-2-4-14(13)11-15/h1-9,11H,10H2,(H,22,23). The summed E-state index contributed by atoms with van der Waals surface area (Å²) >= 11 is 0. The summed E-state index contributed by atoms with van der Waals surface area (Å²) in [6.07, 6.45) is -0.161.